The molecule has 1 rings (SSSR count). The van der Waals surface area contributed by atoms with Crippen LogP contribution < -0.4 is 5.32 Å². The number of hydrogen-bond donors (Lipinski definition) is 1. The first-order valence-electron chi connectivity index (χ1n) is 4.82. The van der Waals surface area contributed by atoms with E-state index < -0.39 is 0 Å². The Labute approximate surface area is 79.2 Å². The van der Waals surface area contributed by atoms with Crippen molar-refractivity contribution < 1.29 is 9.53 Å². The summed E-state index contributed by atoms with van der Waals surface area (Å²) in [7, 11) is 1.65. The maximum atomic E-state index is 11.5. The summed E-state index contributed by atoms with van der Waals surface area (Å²) in [6.45, 7) is 3.99. The van der Waals surface area contributed by atoms with Crippen LogP contribution in [-0.4, -0.2) is 43.8 Å². The molecule has 1 fully saturated rings. The van der Waals surface area contributed by atoms with Crippen LogP contribution in [0.4, 0.5) is 4.79 Å². The Hall–Kier alpha value is -0.770. The van der Waals surface area contributed by atoms with E-state index in [4.69, 9.17) is 4.74 Å². The van der Waals surface area contributed by atoms with E-state index in [-0.39, 0.29) is 6.03 Å². The number of rotatable bonds is 5. The van der Waals surface area contributed by atoms with Gasteiger partial charge < -0.3 is 15.0 Å². The molecule has 0 bridgehead atoms. The maximum absolute atomic E-state index is 11.5. The molecule has 2 amide bonds. The molecule has 0 heterocycles. The van der Waals surface area contributed by atoms with E-state index in [0.717, 1.165) is 19.4 Å². The van der Waals surface area contributed by atoms with Crippen molar-refractivity contribution in [2.24, 2.45) is 0 Å². The van der Waals surface area contributed by atoms with Crippen LogP contribution in [0, 0.1) is 0 Å². The lowest BCUT2D eigenvalue weighted by atomic mass is 10.5. The number of likely N-dealkylation sites (N-methyl/N-ethyl adjacent to an activating group) is 1. The normalized spacial score (nSPS) is 15.5. The fourth-order valence-corrected chi connectivity index (χ4v) is 1.10. The van der Waals surface area contributed by atoms with Crippen molar-refractivity contribution in [1.29, 1.82) is 0 Å². The fourth-order valence-electron chi connectivity index (χ4n) is 1.10. The Morgan fingerprint density at radius 3 is 2.77 bits per heavy atom. The molecule has 0 aromatic carbocycles. The summed E-state index contributed by atoms with van der Waals surface area (Å²) in [6.07, 6.45) is 2.27. The van der Waals surface area contributed by atoms with Crippen molar-refractivity contribution in [3.63, 3.8) is 0 Å². The summed E-state index contributed by atoms with van der Waals surface area (Å²) in [5, 5.41) is 2.95. The first kappa shape index (κ1) is 10.3. The smallest absolute Gasteiger partial charge is 0.317 e. The standard InChI is InChI=1S/C9H18N2O2/c1-3-11(6-7-13-2)9(12)10-8-4-5-8/h8H,3-7H2,1-2H3,(H,10,12). The zero-order valence-corrected chi connectivity index (χ0v) is 8.38. The summed E-state index contributed by atoms with van der Waals surface area (Å²) in [5.74, 6) is 0. The van der Waals surface area contributed by atoms with E-state index in [2.05, 4.69) is 5.32 Å². The molecular weight excluding hydrogens is 168 g/mol. The topological polar surface area (TPSA) is 41.6 Å². The number of carbonyl (C=O) groups excluding carboxylic acids is 1. The quantitative estimate of drug-likeness (QED) is 0.691. The van der Waals surface area contributed by atoms with E-state index in [1.165, 1.54) is 0 Å². The van der Waals surface area contributed by atoms with Crippen molar-refractivity contribution in [2.45, 2.75) is 25.8 Å². The van der Waals surface area contributed by atoms with E-state index in [0.29, 0.717) is 19.2 Å². The van der Waals surface area contributed by atoms with Crippen LogP contribution in [0.2, 0.25) is 0 Å². The molecule has 0 radical (unpaired) electrons. The van der Waals surface area contributed by atoms with Crippen molar-refractivity contribution in [2.75, 3.05) is 26.8 Å². The molecule has 4 nitrogen and oxygen atoms in total. The summed E-state index contributed by atoms with van der Waals surface area (Å²) in [4.78, 5) is 13.3. The fraction of sp³-hybridized carbons (Fsp3) is 0.889. The average Bonchev–Trinajstić information content (AvgIpc) is 2.90. The molecular formula is C9H18N2O2. The molecule has 76 valence electrons. The molecule has 0 aromatic rings. The van der Waals surface area contributed by atoms with Crippen LogP contribution in [0.5, 0.6) is 0 Å². The Kier molecular flexibility index (Phi) is 4.02. The van der Waals surface area contributed by atoms with Crippen LogP contribution in [0.3, 0.4) is 0 Å². The zero-order chi connectivity index (χ0) is 9.68. The van der Waals surface area contributed by atoms with Gasteiger partial charge in [-0.05, 0) is 19.8 Å². The Bertz CT molecular complexity index is 169. The van der Waals surface area contributed by atoms with Gasteiger partial charge >= 0.3 is 6.03 Å². The molecule has 1 aliphatic carbocycles. The number of nitrogens with one attached hydrogen (secondary N) is 1. The minimum Gasteiger partial charge on any atom is -0.383 e. The SMILES string of the molecule is CCN(CCOC)C(=O)NC1CC1. The molecule has 1 N–H and O–H groups in total. The number of hydrogen-bond acceptors (Lipinski definition) is 2. The highest BCUT2D eigenvalue weighted by atomic mass is 16.5. The molecule has 13 heavy (non-hydrogen) atoms. The number of amides is 2. The zero-order valence-electron chi connectivity index (χ0n) is 8.38. The summed E-state index contributed by atoms with van der Waals surface area (Å²) in [6, 6.07) is 0.478. The highest BCUT2D eigenvalue weighted by Crippen LogP contribution is 2.18. The second-order valence-electron chi connectivity index (χ2n) is 3.30. The van der Waals surface area contributed by atoms with Gasteiger partial charge in [0, 0.05) is 26.2 Å². The highest BCUT2D eigenvalue weighted by Gasteiger charge is 2.25. The van der Waals surface area contributed by atoms with Crippen LogP contribution in [0.15, 0.2) is 0 Å². The van der Waals surface area contributed by atoms with Gasteiger partial charge in [-0.3, -0.25) is 0 Å². The van der Waals surface area contributed by atoms with Crippen molar-refractivity contribution in [3.8, 4) is 0 Å². The monoisotopic (exact) mass is 186 g/mol. The molecule has 1 saturated carbocycles. The lowest BCUT2D eigenvalue weighted by Crippen LogP contribution is -2.42. The van der Waals surface area contributed by atoms with Gasteiger partial charge in [0.25, 0.3) is 0 Å². The second-order valence-corrected chi connectivity index (χ2v) is 3.30. The van der Waals surface area contributed by atoms with Crippen LogP contribution in [0.25, 0.3) is 0 Å². The van der Waals surface area contributed by atoms with Gasteiger partial charge in [0.1, 0.15) is 0 Å². The van der Waals surface area contributed by atoms with Crippen LogP contribution in [0.1, 0.15) is 19.8 Å². The molecule has 0 atom stereocenters. The lowest BCUT2D eigenvalue weighted by Gasteiger charge is -2.20. The molecule has 1 aliphatic rings. The second kappa shape index (κ2) is 5.07. The predicted octanol–water partition coefficient (Wildman–Crippen LogP) is 0.827. The number of methoxy groups -OCH3 is 1. The average molecular weight is 186 g/mol. The number of nitrogens with zero attached hydrogens (tertiary/aromatic N) is 1. The molecule has 0 aliphatic heterocycles. The van der Waals surface area contributed by atoms with Gasteiger partial charge in [-0.1, -0.05) is 0 Å². The van der Waals surface area contributed by atoms with E-state index in [1.807, 2.05) is 6.92 Å². The van der Waals surface area contributed by atoms with Gasteiger partial charge in [0.15, 0.2) is 0 Å². The van der Waals surface area contributed by atoms with E-state index >= 15 is 0 Å². The number of ether oxygens (including phenoxy) is 1. The molecule has 0 aromatic heterocycles. The number of carbonyl (C=O) groups is 1. The third-order valence-corrected chi connectivity index (χ3v) is 2.14. The largest absolute Gasteiger partial charge is 0.383 e. The third kappa shape index (κ3) is 3.63. The van der Waals surface area contributed by atoms with Gasteiger partial charge in [0.05, 0.1) is 6.61 Å². The minimum atomic E-state index is 0.0436. The number of urea groups is 1. The van der Waals surface area contributed by atoms with Crippen molar-refractivity contribution in [1.82, 2.24) is 10.2 Å². The third-order valence-electron chi connectivity index (χ3n) is 2.14. The van der Waals surface area contributed by atoms with Gasteiger partial charge in [0.2, 0.25) is 0 Å². The Morgan fingerprint density at radius 1 is 1.62 bits per heavy atom. The van der Waals surface area contributed by atoms with Crippen molar-refractivity contribution in [3.05, 3.63) is 0 Å². The lowest BCUT2D eigenvalue weighted by molar-refractivity contribution is 0.151. The molecule has 4 heteroatoms. The molecule has 0 unspecified atom stereocenters. The summed E-state index contributed by atoms with van der Waals surface area (Å²) < 4.78 is 4.92. The Morgan fingerprint density at radius 2 is 2.31 bits per heavy atom. The highest BCUT2D eigenvalue weighted by molar-refractivity contribution is 5.74. The molecule has 0 saturated heterocycles. The van der Waals surface area contributed by atoms with Crippen LogP contribution >= 0.6 is 0 Å². The van der Waals surface area contributed by atoms with E-state index in [1.54, 1.807) is 12.0 Å². The first-order chi connectivity index (χ1) is 6.27. The molecule has 0 spiro atoms. The first-order valence-corrected chi connectivity index (χ1v) is 4.82. The summed E-state index contributed by atoms with van der Waals surface area (Å²) in [5.41, 5.74) is 0. The Balaban J connectivity index is 2.21. The van der Waals surface area contributed by atoms with Crippen molar-refractivity contribution >= 4 is 6.03 Å². The van der Waals surface area contributed by atoms with E-state index in [9.17, 15) is 4.79 Å². The van der Waals surface area contributed by atoms with Gasteiger partial charge in [-0.25, -0.2) is 4.79 Å². The van der Waals surface area contributed by atoms with Gasteiger partial charge in [-0.2, -0.15) is 0 Å². The maximum Gasteiger partial charge on any atom is 0.317 e. The predicted molar refractivity (Wildman–Crippen MR) is 50.7 cm³/mol. The summed E-state index contributed by atoms with van der Waals surface area (Å²) >= 11 is 0. The van der Waals surface area contributed by atoms with Crippen LogP contribution in [-0.2, 0) is 4.74 Å². The van der Waals surface area contributed by atoms with Gasteiger partial charge in [-0.15, -0.1) is 0 Å². The minimum absolute atomic E-state index is 0.0436.